The minimum Gasteiger partial charge on any atom is -0.497 e. The summed E-state index contributed by atoms with van der Waals surface area (Å²) < 4.78 is 19.3. The lowest BCUT2D eigenvalue weighted by Gasteiger charge is -2.06. The molecule has 0 unspecified atom stereocenters. The lowest BCUT2D eigenvalue weighted by molar-refractivity contribution is 0.102. The molecule has 0 saturated heterocycles. The van der Waals surface area contributed by atoms with Crippen molar-refractivity contribution in [3.63, 3.8) is 0 Å². The summed E-state index contributed by atoms with van der Waals surface area (Å²) in [4.78, 5) is 29.2. The van der Waals surface area contributed by atoms with Crippen LogP contribution >= 0.6 is 0 Å². The third-order valence-corrected chi connectivity index (χ3v) is 4.12. The Hall–Kier alpha value is -3.61. The largest absolute Gasteiger partial charge is 0.497 e. The van der Waals surface area contributed by atoms with Gasteiger partial charge in [-0.05, 0) is 36.4 Å². The molecule has 0 bridgehead atoms. The number of aromatic amines is 2. The Morgan fingerprint density at radius 3 is 2.65 bits per heavy atom. The second-order valence-corrected chi connectivity index (χ2v) is 5.84. The van der Waals surface area contributed by atoms with Gasteiger partial charge in [-0.25, -0.2) is 4.39 Å². The minimum atomic E-state index is -0.614. The standard InChI is InChI=1S/C19H14FN3O3/c1-26-13-4-2-10-7-16(22-15(10)9-13)19(25)21-12-6-11-3-5-17(24)23-18(11)14(20)8-12/h2-9,22H,1H3,(H,21,25)(H,23,24). The van der Waals surface area contributed by atoms with E-state index in [9.17, 15) is 14.0 Å². The molecule has 0 aliphatic heterocycles. The van der Waals surface area contributed by atoms with E-state index in [0.29, 0.717) is 22.5 Å². The number of aromatic nitrogens is 2. The first kappa shape index (κ1) is 15.9. The van der Waals surface area contributed by atoms with Gasteiger partial charge in [-0.15, -0.1) is 0 Å². The number of amides is 1. The van der Waals surface area contributed by atoms with E-state index in [1.807, 2.05) is 6.07 Å². The molecule has 2 heterocycles. The fourth-order valence-corrected chi connectivity index (χ4v) is 2.85. The average Bonchev–Trinajstić information content (AvgIpc) is 3.05. The van der Waals surface area contributed by atoms with Crippen LogP contribution in [0.1, 0.15) is 10.5 Å². The number of methoxy groups -OCH3 is 1. The number of carbonyl (C=O) groups is 1. The Kier molecular flexibility index (Phi) is 3.69. The average molecular weight is 351 g/mol. The zero-order chi connectivity index (χ0) is 18.3. The number of nitrogens with one attached hydrogen (secondary N) is 3. The van der Waals surface area contributed by atoms with E-state index < -0.39 is 11.7 Å². The molecule has 26 heavy (non-hydrogen) atoms. The van der Waals surface area contributed by atoms with Crippen LogP contribution in [0.3, 0.4) is 0 Å². The van der Waals surface area contributed by atoms with E-state index >= 15 is 0 Å². The Balaban J connectivity index is 1.66. The maximum Gasteiger partial charge on any atom is 0.272 e. The summed E-state index contributed by atoms with van der Waals surface area (Å²) in [5, 5.41) is 4.01. The van der Waals surface area contributed by atoms with E-state index in [-0.39, 0.29) is 11.1 Å². The number of hydrogen-bond acceptors (Lipinski definition) is 3. The Bertz CT molecular complexity index is 1210. The van der Waals surface area contributed by atoms with Crippen LogP contribution in [-0.2, 0) is 0 Å². The maximum absolute atomic E-state index is 14.2. The van der Waals surface area contributed by atoms with E-state index in [4.69, 9.17) is 4.74 Å². The summed E-state index contributed by atoms with van der Waals surface area (Å²) in [6.45, 7) is 0. The molecular formula is C19H14FN3O3. The summed E-state index contributed by atoms with van der Waals surface area (Å²) in [7, 11) is 1.57. The predicted molar refractivity (Wildman–Crippen MR) is 97.3 cm³/mol. The van der Waals surface area contributed by atoms with Crippen molar-refractivity contribution in [2.45, 2.75) is 0 Å². The number of pyridine rings is 1. The van der Waals surface area contributed by atoms with Crippen molar-refractivity contribution >= 4 is 33.4 Å². The van der Waals surface area contributed by atoms with Crippen molar-refractivity contribution in [3.8, 4) is 5.75 Å². The number of halogens is 1. The van der Waals surface area contributed by atoms with Crippen molar-refractivity contribution in [2.24, 2.45) is 0 Å². The van der Waals surface area contributed by atoms with Gasteiger partial charge < -0.3 is 20.0 Å². The number of anilines is 1. The van der Waals surface area contributed by atoms with Crippen molar-refractivity contribution in [1.29, 1.82) is 0 Å². The summed E-state index contributed by atoms with van der Waals surface area (Å²) in [5.41, 5.74) is 1.12. The topological polar surface area (TPSA) is 87.0 Å². The molecule has 0 saturated carbocycles. The summed E-state index contributed by atoms with van der Waals surface area (Å²) in [6, 6.07) is 12.7. The molecule has 0 radical (unpaired) electrons. The van der Waals surface area contributed by atoms with Crippen LogP contribution < -0.4 is 15.6 Å². The molecule has 0 fully saturated rings. The molecule has 1 amide bonds. The Morgan fingerprint density at radius 2 is 1.85 bits per heavy atom. The number of ether oxygens (including phenoxy) is 1. The molecule has 4 rings (SSSR count). The van der Waals surface area contributed by atoms with Gasteiger partial charge >= 0.3 is 0 Å². The van der Waals surface area contributed by atoms with Crippen molar-refractivity contribution in [1.82, 2.24) is 9.97 Å². The van der Waals surface area contributed by atoms with Crippen LogP contribution in [0, 0.1) is 5.82 Å². The second-order valence-electron chi connectivity index (χ2n) is 5.84. The van der Waals surface area contributed by atoms with Gasteiger partial charge in [-0.3, -0.25) is 9.59 Å². The van der Waals surface area contributed by atoms with Crippen molar-refractivity contribution in [2.75, 3.05) is 12.4 Å². The fraction of sp³-hybridized carbons (Fsp3) is 0.0526. The first-order valence-corrected chi connectivity index (χ1v) is 7.84. The summed E-state index contributed by atoms with van der Waals surface area (Å²) in [5.74, 6) is -0.336. The molecule has 6 nitrogen and oxygen atoms in total. The van der Waals surface area contributed by atoms with Crippen LogP contribution in [0.2, 0.25) is 0 Å². The van der Waals surface area contributed by atoms with Gasteiger partial charge in [0.15, 0.2) is 0 Å². The zero-order valence-electron chi connectivity index (χ0n) is 13.7. The van der Waals surface area contributed by atoms with Crippen LogP contribution in [-0.4, -0.2) is 23.0 Å². The highest BCUT2D eigenvalue weighted by Gasteiger charge is 2.12. The molecule has 7 heteroatoms. The smallest absolute Gasteiger partial charge is 0.272 e. The monoisotopic (exact) mass is 351 g/mol. The third-order valence-electron chi connectivity index (χ3n) is 4.12. The number of H-pyrrole nitrogens is 2. The first-order valence-electron chi connectivity index (χ1n) is 7.84. The van der Waals surface area contributed by atoms with Gasteiger partial charge in [-0.2, -0.15) is 0 Å². The number of carbonyl (C=O) groups excluding carboxylic acids is 1. The molecule has 0 aliphatic rings. The fourth-order valence-electron chi connectivity index (χ4n) is 2.85. The predicted octanol–water partition coefficient (Wildman–Crippen LogP) is 3.41. The highest BCUT2D eigenvalue weighted by Crippen LogP contribution is 2.23. The van der Waals surface area contributed by atoms with Gasteiger partial charge in [0.2, 0.25) is 5.56 Å². The van der Waals surface area contributed by atoms with E-state index in [1.54, 1.807) is 31.4 Å². The molecule has 4 aromatic rings. The quantitative estimate of drug-likeness (QED) is 0.529. The Morgan fingerprint density at radius 1 is 1.04 bits per heavy atom. The van der Waals surface area contributed by atoms with Crippen LogP contribution in [0.25, 0.3) is 21.8 Å². The van der Waals surface area contributed by atoms with Gasteiger partial charge in [0.1, 0.15) is 17.3 Å². The molecule has 2 aromatic carbocycles. The Labute approximate surface area is 146 Å². The number of rotatable bonds is 3. The van der Waals surface area contributed by atoms with E-state index in [0.717, 1.165) is 10.9 Å². The van der Waals surface area contributed by atoms with Gasteiger partial charge in [-0.1, -0.05) is 0 Å². The maximum atomic E-state index is 14.2. The van der Waals surface area contributed by atoms with Crippen molar-refractivity contribution < 1.29 is 13.9 Å². The second kappa shape index (κ2) is 6.03. The highest BCUT2D eigenvalue weighted by molar-refractivity contribution is 6.06. The van der Waals surface area contributed by atoms with Crippen LogP contribution in [0.15, 0.2) is 53.3 Å². The third kappa shape index (κ3) is 2.79. The zero-order valence-corrected chi connectivity index (χ0v) is 13.7. The molecule has 3 N–H and O–H groups in total. The molecular weight excluding hydrogens is 337 g/mol. The molecule has 0 atom stereocenters. The number of benzene rings is 2. The minimum absolute atomic E-state index is 0.105. The van der Waals surface area contributed by atoms with E-state index in [1.165, 1.54) is 18.2 Å². The van der Waals surface area contributed by atoms with Crippen LogP contribution in [0.4, 0.5) is 10.1 Å². The van der Waals surface area contributed by atoms with Gasteiger partial charge in [0.05, 0.1) is 12.6 Å². The lowest BCUT2D eigenvalue weighted by Crippen LogP contribution is -2.12. The van der Waals surface area contributed by atoms with E-state index in [2.05, 4.69) is 15.3 Å². The summed E-state index contributed by atoms with van der Waals surface area (Å²) >= 11 is 0. The van der Waals surface area contributed by atoms with Crippen molar-refractivity contribution in [3.05, 3.63) is 70.4 Å². The number of hydrogen-bond donors (Lipinski definition) is 3. The lowest BCUT2D eigenvalue weighted by atomic mass is 10.2. The normalized spacial score (nSPS) is 11.0. The first-order chi connectivity index (χ1) is 12.5. The molecule has 0 aliphatic carbocycles. The van der Waals surface area contributed by atoms with Gasteiger partial charge in [0, 0.05) is 34.1 Å². The number of fused-ring (bicyclic) bond motifs is 2. The molecule has 0 spiro atoms. The van der Waals surface area contributed by atoms with Gasteiger partial charge in [0.25, 0.3) is 5.91 Å². The SMILES string of the molecule is COc1ccc2cc(C(=O)Nc3cc(F)c4[nH]c(=O)ccc4c3)[nH]c2c1. The summed E-state index contributed by atoms with van der Waals surface area (Å²) in [6.07, 6.45) is 0. The molecule has 2 aromatic heterocycles. The molecule has 130 valence electrons. The van der Waals surface area contributed by atoms with Crippen LogP contribution in [0.5, 0.6) is 5.75 Å². The highest BCUT2D eigenvalue weighted by atomic mass is 19.1.